The van der Waals surface area contributed by atoms with Crippen molar-refractivity contribution >= 4 is 5.91 Å². The molecule has 1 amide bonds. The van der Waals surface area contributed by atoms with Gasteiger partial charge >= 0.3 is 0 Å². The van der Waals surface area contributed by atoms with Crippen LogP contribution >= 0.6 is 0 Å². The summed E-state index contributed by atoms with van der Waals surface area (Å²) in [4.78, 5) is 12.0. The van der Waals surface area contributed by atoms with Gasteiger partial charge in [-0.25, -0.2) is 4.39 Å². The first-order valence-corrected chi connectivity index (χ1v) is 7.69. The number of rotatable bonds is 8. The van der Waals surface area contributed by atoms with Crippen molar-refractivity contribution in [3.05, 3.63) is 35.6 Å². The quantitative estimate of drug-likeness (QED) is 0.772. The number of carbonyl (C=O) groups excluding carboxylic acids is 1. The van der Waals surface area contributed by atoms with Gasteiger partial charge < -0.3 is 11.1 Å². The standard InChI is InChI=1S/C17H27FN2O/c1-12(2)14(10-11-19)8-9-17(21)20-13(3)15-6-4-5-7-16(15)18/h4-7,12-14H,8-11,19H2,1-3H3,(H,20,21)/t13-,14?/m1/s1. The van der Waals surface area contributed by atoms with E-state index in [1.165, 1.54) is 6.07 Å². The molecule has 0 aliphatic heterocycles. The van der Waals surface area contributed by atoms with Crippen molar-refractivity contribution < 1.29 is 9.18 Å². The van der Waals surface area contributed by atoms with Crippen molar-refractivity contribution in [3.63, 3.8) is 0 Å². The molecule has 0 saturated carbocycles. The Bertz CT molecular complexity index is 448. The summed E-state index contributed by atoms with van der Waals surface area (Å²) in [5, 5.41) is 2.86. The van der Waals surface area contributed by atoms with Gasteiger partial charge in [-0.15, -0.1) is 0 Å². The van der Waals surface area contributed by atoms with Crippen molar-refractivity contribution in [1.82, 2.24) is 5.32 Å². The molecule has 1 aromatic rings. The lowest BCUT2D eigenvalue weighted by Gasteiger charge is -2.20. The fourth-order valence-electron chi connectivity index (χ4n) is 2.56. The minimum atomic E-state index is -0.314. The molecule has 0 heterocycles. The molecule has 2 atom stereocenters. The Kier molecular flexibility index (Phi) is 7.37. The summed E-state index contributed by atoms with van der Waals surface area (Å²) < 4.78 is 13.6. The third kappa shape index (κ3) is 5.84. The molecule has 1 aromatic carbocycles. The summed E-state index contributed by atoms with van der Waals surface area (Å²) in [6.07, 6.45) is 2.22. The summed E-state index contributed by atoms with van der Waals surface area (Å²) in [6, 6.07) is 6.22. The van der Waals surface area contributed by atoms with E-state index in [1.54, 1.807) is 25.1 Å². The van der Waals surface area contributed by atoms with Gasteiger partial charge in [-0.3, -0.25) is 4.79 Å². The summed E-state index contributed by atoms with van der Waals surface area (Å²) >= 11 is 0. The van der Waals surface area contributed by atoms with Crippen LogP contribution in [0, 0.1) is 17.7 Å². The average Bonchev–Trinajstić information content (AvgIpc) is 2.43. The Morgan fingerprint density at radius 2 is 1.90 bits per heavy atom. The van der Waals surface area contributed by atoms with Crippen LogP contribution in [0.1, 0.15) is 51.6 Å². The lowest BCUT2D eigenvalue weighted by atomic mass is 9.88. The van der Waals surface area contributed by atoms with Gasteiger partial charge in [0.2, 0.25) is 5.91 Å². The highest BCUT2D eigenvalue weighted by Gasteiger charge is 2.17. The number of amides is 1. The Hall–Kier alpha value is -1.42. The predicted octanol–water partition coefficient (Wildman–Crippen LogP) is 3.40. The zero-order valence-corrected chi connectivity index (χ0v) is 13.2. The van der Waals surface area contributed by atoms with Crippen molar-refractivity contribution in [1.29, 1.82) is 0 Å². The van der Waals surface area contributed by atoms with Crippen LogP contribution in [0.3, 0.4) is 0 Å². The number of nitrogens with two attached hydrogens (primary N) is 1. The maximum atomic E-state index is 13.6. The van der Waals surface area contributed by atoms with E-state index in [9.17, 15) is 9.18 Å². The van der Waals surface area contributed by atoms with E-state index in [0.29, 0.717) is 30.4 Å². The molecule has 0 bridgehead atoms. The van der Waals surface area contributed by atoms with Crippen LogP contribution in [0.15, 0.2) is 24.3 Å². The van der Waals surface area contributed by atoms with E-state index in [-0.39, 0.29) is 17.8 Å². The van der Waals surface area contributed by atoms with E-state index >= 15 is 0 Å². The first kappa shape index (κ1) is 17.6. The lowest BCUT2D eigenvalue weighted by Crippen LogP contribution is -2.28. The smallest absolute Gasteiger partial charge is 0.220 e. The largest absolute Gasteiger partial charge is 0.349 e. The number of hydrogen-bond acceptors (Lipinski definition) is 2. The number of benzene rings is 1. The SMILES string of the molecule is CC(C)C(CCN)CCC(=O)N[C@H](C)c1ccccc1F. The third-order valence-electron chi connectivity index (χ3n) is 3.97. The van der Waals surface area contributed by atoms with E-state index < -0.39 is 0 Å². The number of halogens is 1. The van der Waals surface area contributed by atoms with Gasteiger partial charge in [0.15, 0.2) is 0 Å². The second kappa shape index (κ2) is 8.78. The molecule has 3 nitrogen and oxygen atoms in total. The molecule has 118 valence electrons. The molecule has 4 heteroatoms. The summed E-state index contributed by atoms with van der Waals surface area (Å²) in [5.74, 6) is 0.664. The first-order chi connectivity index (χ1) is 9.95. The first-order valence-electron chi connectivity index (χ1n) is 7.69. The monoisotopic (exact) mass is 294 g/mol. The second-order valence-electron chi connectivity index (χ2n) is 5.93. The highest BCUT2D eigenvalue weighted by atomic mass is 19.1. The van der Waals surface area contributed by atoms with E-state index in [2.05, 4.69) is 19.2 Å². The molecular weight excluding hydrogens is 267 g/mol. The van der Waals surface area contributed by atoms with E-state index in [4.69, 9.17) is 5.73 Å². The van der Waals surface area contributed by atoms with E-state index in [1.807, 2.05) is 0 Å². The zero-order chi connectivity index (χ0) is 15.8. The van der Waals surface area contributed by atoms with Gasteiger partial charge in [-0.2, -0.15) is 0 Å². The Morgan fingerprint density at radius 1 is 1.24 bits per heavy atom. The van der Waals surface area contributed by atoms with Crippen molar-refractivity contribution in [2.75, 3.05) is 6.54 Å². The fourth-order valence-corrected chi connectivity index (χ4v) is 2.56. The highest BCUT2D eigenvalue weighted by Crippen LogP contribution is 2.21. The molecule has 3 N–H and O–H groups in total. The highest BCUT2D eigenvalue weighted by molar-refractivity contribution is 5.76. The number of carbonyl (C=O) groups is 1. The van der Waals surface area contributed by atoms with Crippen LogP contribution in [0.2, 0.25) is 0 Å². The van der Waals surface area contributed by atoms with Crippen LogP contribution < -0.4 is 11.1 Å². The summed E-state index contributed by atoms with van der Waals surface area (Å²) in [5.41, 5.74) is 6.13. The lowest BCUT2D eigenvalue weighted by molar-refractivity contribution is -0.122. The molecular formula is C17H27FN2O. The van der Waals surface area contributed by atoms with Crippen molar-refractivity contribution in [2.45, 2.75) is 46.1 Å². The molecule has 1 rings (SSSR count). The van der Waals surface area contributed by atoms with Gasteiger partial charge in [-0.1, -0.05) is 32.0 Å². The van der Waals surface area contributed by atoms with Gasteiger partial charge in [0.25, 0.3) is 0 Å². The van der Waals surface area contributed by atoms with Crippen LogP contribution in [0.4, 0.5) is 4.39 Å². The number of hydrogen-bond donors (Lipinski definition) is 2. The molecule has 0 fully saturated rings. The van der Waals surface area contributed by atoms with E-state index in [0.717, 1.165) is 12.8 Å². The molecule has 0 aromatic heterocycles. The normalized spacial score (nSPS) is 14.0. The Balaban J connectivity index is 2.48. The van der Waals surface area contributed by atoms with Crippen LogP contribution in [-0.2, 0) is 4.79 Å². The van der Waals surface area contributed by atoms with Gasteiger partial charge in [0, 0.05) is 12.0 Å². The van der Waals surface area contributed by atoms with Gasteiger partial charge in [-0.05, 0) is 44.2 Å². The van der Waals surface area contributed by atoms with Crippen molar-refractivity contribution in [3.8, 4) is 0 Å². The van der Waals surface area contributed by atoms with Gasteiger partial charge in [0.05, 0.1) is 6.04 Å². The maximum absolute atomic E-state index is 13.6. The Labute approximate surface area is 127 Å². The van der Waals surface area contributed by atoms with Crippen molar-refractivity contribution in [2.24, 2.45) is 17.6 Å². The molecule has 1 unspecified atom stereocenters. The Morgan fingerprint density at radius 3 is 2.48 bits per heavy atom. The number of nitrogens with one attached hydrogen (secondary N) is 1. The molecule has 0 radical (unpaired) electrons. The van der Waals surface area contributed by atoms with Crippen LogP contribution in [0.25, 0.3) is 0 Å². The zero-order valence-electron chi connectivity index (χ0n) is 13.2. The second-order valence-corrected chi connectivity index (χ2v) is 5.93. The van der Waals surface area contributed by atoms with Gasteiger partial charge in [0.1, 0.15) is 5.82 Å². The molecule has 0 aliphatic rings. The van der Waals surface area contributed by atoms with Crippen LogP contribution in [0.5, 0.6) is 0 Å². The summed E-state index contributed by atoms with van der Waals surface area (Å²) in [6.45, 7) is 6.76. The minimum absolute atomic E-state index is 0.0339. The summed E-state index contributed by atoms with van der Waals surface area (Å²) in [7, 11) is 0. The maximum Gasteiger partial charge on any atom is 0.220 e. The molecule has 0 saturated heterocycles. The third-order valence-corrected chi connectivity index (χ3v) is 3.97. The fraction of sp³-hybridized carbons (Fsp3) is 0.588. The average molecular weight is 294 g/mol. The predicted molar refractivity (Wildman–Crippen MR) is 84.2 cm³/mol. The molecule has 0 spiro atoms. The van der Waals surface area contributed by atoms with Crippen LogP contribution in [-0.4, -0.2) is 12.5 Å². The minimum Gasteiger partial charge on any atom is -0.349 e. The topological polar surface area (TPSA) is 55.1 Å². The molecule has 0 aliphatic carbocycles. The molecule has 21 heavy (non-hydrogen) atoms.